The molecule has 0 saturated carbocycles. The highest BCUT2D eigenvalue weighted by Gasteiger charge is 2.22. The van der Waals surface area contributed by atoms with Crippen LogP contribution in [0.4, 0.5) is 11.4 Å². The lowest BCUT2D eigenvalue weighted by atomic mass is 9.98. The van der Waals surface area contributed by atoms with E-state index in [1.165, 1.54) is 5.56 Å². The number of carboxylic acid groups (broad SMARTS) is 1. The van der Waals surface area contributed by atoms with Gasteiger partial charge in [0.2, 0.25) is 5.91 Å². The summed E-state index contributed by atoms with van der Waals surface area (Å²) in [6.07, 6.45) is 1.68. The molecule has 0 heterocycles. The molecule has 2 aromatic carbocycles. The van der Waals surface area contributed by atoms with Crippen LogP contribution >= 0.6 is 0 Å². The Kier molecular flexibility index (Phi) is 8.81. The van der Waals surface area contributed by atoms with Crippen LogP contribution in [0.3, 0.4) is 0 Å². The van der Waals surface area contributed by atoms with Gasteiger partial charge in [-0.05, 0) is 87.6 Å². The Morgan fingerprint density at radius 2 is 1.75 bits per heavy atom. The molecule has 0 aliphatic rings. The second-order valence-electron chi connectivity index (χ2n) is 8.34. The van der Waals surface area contributed by atoms with Crippen molar-refractivity contribution in [2.24, 2.45) is 5.73 Å². The molecule has 2 rings (SSSR count). The molecule has 2 aromatic rings. The summed E-state index contributed by atoms with van der Waals surface area (Å²) in [7, 11) is 0. The zero-order chi connectivity index (χ0) is 23.8. The Labute approximate surface area is 190 Å². The van der Waals surface area contributed by atoms with E-state index in [1.54, 1.807) is 4.90 Å². The lowest BCUT2D eigenvalue weighted by molar-refractivity contribution is -0.138. The first kappa shape index (κ1) is 24.9. The van der Waals surface area contributed by atoms with Gasteiger partial charge in [-0.25, -0.2) is 0 Å². The van der Waals surface area contributed by atoms with Gasteiger partial charge >= 0.3 is 5.97 Å². The van der Waals surface area contributed by atoms with E-state index in [9.17, 15) is 9.59 Å². The van der Waals surface area contributed by atoms with Gasteiger partial charge in [-0.1, -0.05) is 6.07 Å². The summed E-state index contributed by atoms with van der Waals surface area (Å²) in [5.41, 5.74) is 11.4. The van der Waals surface area contributed by atoms with Crippen molar-refractivity contribution < 1.29 is 14.7 Å². The van der Waals surface area contributed by atoms with Gasteiger partial charge in [0.05, 0.1) is 6.42 Å². The molecule has 0 aliphatic heterocycles. The van der Waals surface area contributed by atoms with Gasteiger partial charge < -0.3 is 21.1 Å². The Balaban J connectivity index is 2.02. The molecular formula is C25H34N4O3. The number of hydrogen-bond acceptors (Lipinski definition) is 4. The van der Waals surface area contributed by atoms with E-state index in [0.29, 0.717) is 5.56 Å². The molecule has 0 aromatic heterocycles. The van der Waals surface area contributed by atoms with Crippen LogP contribution in [-0.2, 0) is 16.0 Å². The number of nitrogen functional groups attached to an aromatic ring is 1. The molecule has 0 bridgehead atoms. The van der Waals surface area contributed by atoms with Gasteiger partial charge in [-0.15, -0.1) is 0 Å². The number of nitrogens with zero attached hydrogens (tertiary/aromatic N) is 1. The Hall–Kier alpha value is -3.35. The normalized spacial score (nSPS) is 10.8. The summed E-state index contributed by atoms with van der Waals surface area (Å²) in [5.74, 6) is -1.07. The van der Waals surface area contributed by atoms with E-state index >= 15 is 0 Å². The number of carboxylic acids is 1. The van der Waals surface area contributed by atoms with Gasteiger partial charge in [-0.2, -0.15) is 0 Å². The van der Waals surface area contributed by atoms with Crippen molar-refractivity contribution in [3.05, 3.63) is 58.7 Å². The molecule has 32 heavy (non-hydrogen) atoms. The average Bonchev–Trinajstić information content (AvgIpc) is 2.72. The van der Waals surface area contributed by atoms with Gasteiger partial charge in [-0.3, -0.25) is 15.0 Å². The summed E-state index contributed by atoms with van der Waals surface area (Å²) >= 11 is 0. The number of carbonyl (C=O) groups is 2. The van der Waals surface area contributed by atoms with E-state index in [4.69, 9.17) is 16.2 Å². The second kappa shape index (κ2) is 11.3. The van der Waals surface area contributed by atoms with E-state index in [0.717, 1.165) is 41.9 Å². The third-order valence-electron chi connectivity index (χ3n) is 5.40. The summed E-state index contributed by atoms with van der Waals surface area (Å²) in [6, 6.07) is 11.6. The zero-order valence-electron chi connectivity index (χ0n) is 19.4. The van der Waals surface area contributed by atoms with E-state index in [1.807, 2.05) is 58.0 Å². The molecule has 7 nitrogen and oxygen atoms in total. The molecule has 0 fully saturated rings. The van der Waals surface area contributed by atoms with Crippen LogP contribution in [0.15, 0.2) is 36.4 Å². The molecule has 172 valence electrons. The highest BCUT2D eigenvalue weighted by molar-refractivity contribution is 5.96. The second-order valence-corrected chi connectivity index (χ2v) is 8.34. The SMILES string of the molecule is Cc1cc(N(C(=O)CCC(=O)O)C(C)C)c(C)cc1CCCNc1ccc(C(=N)N)cc1. The largest absolute Gasteiger partial charge is 0.481 e. The van der Waals surface area contributed by atoms with Crippen molar-refractivity contribution in [2.45, 2.75) is 59.4 Å². The van der Waals surface area contributed by atoms with Crippen molar-refractivity contribution in [3.63, 3.8) is 0 Å². The van der Waals surface area contributed by atoms with E-state index in [2.05, 4.69) is 11.4 Å². The monoisotopic (exact) mass is 438 g/mol. The van der Waals surface area contributed by atoms with Gasteiger partial charge in [0, 0.05) is 35.9 Å². The molecule has 1 amide bonds. The number of amidine groups is 1. The van der Waals surface area contributed by atoms with Crippen molar-refractivity contribution in [2.75, 3.05) is 16.8 Å². The smallest absolute Gasteiger partial charge is 0.303 e. The first-order valence-corrected chi connectivity index (χ1v) is 10.9. The molecule has 0 aliphatic carbocycles. The van der Waals surface area contributed by atoms with Crippen LogP contribution in [0, 0.1) is 19.3 Å². The summed E-state index contributed by atoms with van der Waals surface area (Å²) in [4.78, 5) is 25.3. The molecule has 0 atom stereocenters. The number of anilines is 2. The fraction of sp³-hybridized carbons (Fsp3) is 0.400. The van der Waals surface area contributed by atoms with Crippen LogP contribution in [0.2, 0.25) is 0 Å². The van der Waals surface area contributed by atoms with Crippen LogP contribution in [0.5, 0.6) is 0 Å². The number of benzene rings is 2. The van der Waals surface area contributed by atoms with E-state index < -0.39 is 5.97 Å². The number of carbonyl (C=O) groups excluding carboxylic acids is 1. The van der Waals surface area contributed by atoms with Crippen molar-refractivity contribution >= 4 is 29.1 Å². The quantitative estimate of drug-likeness (QED) is 0.238. The lowest BCUT2D eigenvalue weighted by Crippen LogP contribution is -2.37. The third-order valence-corrected chi connectivity index (χ3v) is 5.40. The molecule has 5 N–H and O–H groups in total. The highest BCUT2D eigenvalue weighted by Crippen LogP contribution is 2.28. The minimum absolute atomic E-state index is 0.00713. The summed E-state index contributed by atoms with van der Waals surface area (Å²) < 4.78 is 0. The van der Waals surface area contributed by atoms with Crippen LogP contribution in [0.25, 0.3) is 0 Å². The summed E-state index contributed by atoms with van der Waals surface area (Å²) in [5, 5.41) is 19.7. The number of hydrogen-bond donors (Lipinski definition) is 4. The average molecular weight is 439 g/mol. The first-order valence-electron chi connectivity index (χ1n) is 10.9. The zero-order valence-corrected chi connectivity index (χ0v) is 19.4. The number of nitrogens with one attached hydrogen (secondary N) is 2. The van der Waals surface area contributed by atoms with Crippen LogP contribution in [-0.4, -0.2) is 35.4 Å². The fourth-order valence-corrected chi connectivity index (χ4v) is 3.70. The predicted octanol–water partition coefficient (Wildman–Crippen LogP) is 4.24. The number of aryl methyl sites for hydroxylation is 3. The maximum Gasteiger partial charge on any atom is 0.303 e. The first-order chi connectivity index (χ1) is 15.1. The van der Waals surface area contributed by atoms with Crippen molar-refractivity contribution in [1.82, 2.24) is 0 Å². The van der Waals surface area contributed by atoms with Crippen molar-refractivity contribution in [1.29, 1.82) is 5.41 Å². The molecule has 7 heteroatoms. The van der Waals surface area contributed by atoms with Crippen LogP contribution < -0.4 is 16.0 Å². The Morgan fingerprint density at radius 3 is 2.31 bits per heavy atom. The molecule has 0 unspecified atom stereocenters. The minimum Gasteiger partial charge on any atom is -0.481 e. The van der Waals surface area contributed by atoms with Gasteiger partial charge in [0.1, 0.15) is 5.84 Å². The van der Waals surface area contributed by atoms with Crippen molar-refractivity contribution in [3.8, 4) is 0 Å². The Bertz CT molecular complexity index is 968. The third kappa shape index (κ3) is 6.83. The number of rotatable bonds is 11. The number of nitrogens with two attached hydrogens (primary N) is 1. The van der Waals surface area contributed by atoms with E-state index in [-0.39, 0.29) is 30.6 Å². The standard InChI is InChI=1S/C25H34N4O3/c1-16(2)29(23(30)11-12-24(31)32)22-15-17(3)20(14-18(22)4)6-5-13-28-21-9-7-19(8-10-21)25(26)27/h7-10,14-16,28H,5-6,11-13H2,1-4H3,(H3,26,27)(H,31,32). The molecular weight excluding hydrogens is 404 g/mol. The minimum atomic E-state index is -0.964. The predicted molar refractivity (Wildman–Crippen MR) is 130 cm³/mol. The maximum atomic E-state index is 12.7. The topological polar surface area (TPSA) is 120 Å². The van der Waals surface area contributed by atoms with Gasteiger partial charge in [0.25, 0.3) is 0 Å². The number of amides is 1. The molecule has 0 spiro atoms. The fourth-order valence-electron chi connectivity index (χ4n) is 3.70. The lowest BCUT2D eigenvalue weighted by Gasteiger charge is -2.29. The molecule has 0 radical (unpaired) electrons. The van der Waals surface area contributed by atoms with Gasteiger partial charge in [0.15, 0.2) is 0 Å². The molecule has 0 saturated heterocycles. The Morgan fingerprint density at radius 1 is 1.09 bits per heavy atom. The number of aliphatic carboxylic acids is 1. The maximum absolute atomic E-state index is 12.7. The summed E-state index contributed by atoms with van der Waals surface area (Å²) in [6.45, 7) is 8.73. The highest BCUT2D eigenvalue weighted by atomic mass is 16.4. The van der Waals surface area contributed by atoms with Crippen LogP contribution in [0.1, 0.15) is 55.4 Å².